The van der Waals surface area contributed by atoms with Gasteiger partial charge in [-0.3, -0.25) is 19.8 Å². The number of carbonyl (C=O) groups excluding carboxylic acids is 2. The first kappa shape index (κ1) is 32.6. The predicted octanol–water partition coefficient (Wildman–Crippen LogP) is -0.351. The maximum Gasteiger partial charge on any atom is 0.326 e. The van der Waals surface area contributed by atoms with Crippen molar-refractivity contribution in [3.05, 3.63) is 35.9 Å². The number of carboxylic acid groups (broad SMARTS) is 2. The standard InChI is InChI=1S/C9H11NO2.C7H15ClN4O2.C6H9NO3/c10-8(9(11)12)6-7-4-2-1-3-5-7;8-4-14-6(13)5(9)2-1-3-12-7(10)11;8-4-7-3-1-2-5(7)6(9)10/h1-5,8H,6,10H2,(H,11,12);5H,1-4,9H2,(H4,10,11,12);4-5H,1-3H2,(H,9,10)/t8-;2*5-/m000/s1. The van der Waals surface area contributed by atoms with Gasteiger partial charge in [0.1, 0.15) is 18.1 Å². The zero-order valence-corrected chi connectivity index (χ0v) is 20.6. The quantitative estimate of drug-likeness (QED) is 0.0487. The van der Waals surface area contributed by atoms with E-state index >= 15 is 0 Å². The van der Waals surface area contributed by atoms with Crippen molar-refractivity contribution in [3.8, 4) is 0 Å². The summed E-state index contributed by atoms with van der Waals surface area (Å²) in [5, 5.41) is 26.5. The molecule has 0 spiro atoms. The number of nitrogens with two attached hydrogens (primary N) is 3. The number of ether oxygens (including phenoxy) is 1. The van der Waals surface area contributed by atoms with E-state index in [9.17, 15) is 19.2 Å². The lowest BCUT2D eigenvalue weighted by molar-refractivity contribution is -0.144. The van der Waals surface area contributed by atoms with Crippen LogP contribution >= 0.6 is 11.6 Å². The third kappa shape index (κ3) is 14.8. The van der Waals surface area contributed by atoms with Gasteiger partial charge in [0, 0.05) is 13.1 Å². The highest BCUT2D eigenvalue weighted by atomic mass is 35.5. The van der Waals surface area contributed by atoms with Crippen molar-refractivity contribution in [1.82, 2.24) is 10.2 Å². The smallest absolute Gasteiger partial charge is 0.326 e. The molecule has 202 valence electrons. The molecule has 13 nitrogen and oxygen atoms in total. The summed E-state index contributed by atoms with van der Waals surface area (Å²) >= 11 is 5.19. The van der Waals surface area contributed by atoms with E-state index < -0.39 is 36.0 Å². The molecule has 1 heterocycles. The van der Waals surface area contributed by atoms with Crippen LogP contribution in [0.1, 0.15) is 31.2 Å². The number of carbonyl (C=O) groups is 4. The normalized spacial score (nSPS) is 15.6. The zero-order chi connectivity index (χ0) is 27.5. The molecule has 0 unspecified atom stereocenters. The molecule has 1 fully saturated rings. The molecular weight excluding hydrogens is 496 g/mol. The molecule has 1 aromatic rings. The van der Waals surface area contributed by atoms with Crippen molar-refractivity contribution in [2.45, 2.75) is 50.2 Å². The summed E-state index contributed by atoms with van der Waals surface area (Å²) in [6, 6.07) is 7.13. The number of amides is 1. The van der Waals surface area contributed by atoms with Crippen molar-refractivity contribution >= 4 is 41.9 Å². The maximum atomic E-state index is 11.0. The molecule has 1 aromatic carbocycles. The summed E-state index contributed by atoms with van der Waals surface area (Å²) < 4.78 is 4.50. The van der Waals surface area contributed by atoms with Gasteiger partial charge < -0.3 is 42.4 Å². The van der Waals surface area contributed by atoms with Crippen LogP contribution in [0.25, 0.3) is 0 Å². The largest absolute Gasteiger partial charge is 0.480 e. The molecule has 10 N–H and O–H groups in total. The van der Waals surface area contributed by atoms with Crippen molar-refractivity contribution in [1.29, 1.82) is 5.41 Å². The summed E-state index contributed by atoms with van der Waals surface area (Å²) in [4.78, 5) is 43.2. The Kier molecular flexibility index (Phi) is 17.1. The van der Waals surface area contributed by atoms with Crippen LogP contribution in [-0.4, -0.2) is 82.7 Å². The van der Waals surface area contributed by atoms with Gasteiger partial charge in [0.25, 0.3) is 0 Å². The molecule has 1 amide bonds. The maximum absolute atomic E-state index is 11.0. The van der Waals surface area contributed by atoms with Crippen LogP contribution in [0.5, 0.6) is 0 Å². The molecule has 0 saturated carbocycles. The van der Waals surface area contributed by atoms with Crippen LogP contribution in [0.3, 0.4) is 0 Å². The molecule has 0 aromatic heterocycles. The first-order valence-electron chi connectivity index (χ1n) is 11.1. The summed E-state index contributed by atoms with van der Waals surface area (Å²) in [5.41, 5.74) is 16.8. The van der Waals surface area contributed by atoms with E-state index in [-0.39, 0.29) is 12.0 Å². The topological polar surface area (TPSA) is 235 Å². The number of rotatable bonds is 11. The number of nitrogens with one attached hydrogen (secondary N) is 2. The average molecular weight is 531 g/mol. The van der Waals surface area contributed by atoms with Gasteiger partial charge in [0.05, 0.1) is 0 Å². The molecular formula is C22H35ClN6O7. The second-order valence-corrected chi connectivity index (χ2v) is 7.85. The highest BCUT2D eigenvalue weighted by Crippen LogP contribution is 2.14. The first-order chi connectivity index (χ1) is 17.0. The van der Waals surface area contributed by atoms with Gasteiger partial charge in [-0.2, -0.15) is 0 Å². The van der Waals surface area contributed by atoms with Crippen molar-refractivity contribution < 1.29 is 34.1 Å². The highest BCUT2D eigenvalue weighted by molar-refractivity contribution is 6.17. The number of aliphatic carboxylic acids is 2. The van der Waals surface area contributed by atoms with Gasteiger partial charge >= 0.3 is 17.9 Å². The summed E-state index contributed by atoms with van der Waals surface area (Å²) in [6.45, 7) is 1.09. The number of benzene rings is 1. The lowest BCUT2D eigenvalue weighted by Gasteiger charge is -2.14. The van der Waals surface area contributed by atoms with Crippen molar-refractivity contribution in [2.75, 3.05) is 19.2 Å². The molecule has 1 aliphatic heterocycles. The number of esters is 1. The Hall–Kier alpha value is -3.42. The summed E-state index contributed by atoms with van der Waals surface area (Å²) in [6.07, 6.45) is 3.49. The minimum absolute atomic E-state index is 0.0955. The number of carboxylic acids is 2. The van der Waals surface area contributed by atoms with Gasteiger partial charge in [0.15, 0.2) is 12.0 Å². The van der Waals surface area contributed by atoms with E-state index in [0.717, 1.165) is 12.0 Å². The first-order valence-corrected chi connectivity index (χ1v) is 11.6. The van der Waals surface area contributed by atoms with Gasteiger partial charge in [-0.1, -0.05) is 41.9 Å². The summed E-state index contributed by atoms with van der Waals surface area (Å²) in [5.74, 6) is -2.46. The number of nitrogens with zero attached hydrogens (tertiary/aromatic N) is 1. The number of hydrogen-bond acceptors (Lipinski definition) is 8. The number of alkyl halides is 1. The number of hydrogen-bond donors (Lipinski definition) is 7. The molecule has 0 radical (unpaired) electrons. The molecule has 1 saturated heterocycles. The highest BCUT2D eigenvalue weighted by Gasteiger charge is 2.28. The third-order valence-electron chi connectivity index (χ3n) is 4.84. The molecule has 0 bridgehead atoms. The van der Waals surface area contributed by atoms with E-state index in [4.69, 9.17) is 44.4 Å². The summed E-state index contributed by atoms with van der Waals surface area (Å²) in [7, 11) is 0. The fourth-order valence-corrected chi connectivity index (χ4v) is 3.07. The predicted molar refractivity (Wildman–Crippen MR) is 133 cm³/mol. The second kappa shape index (κ2) is 18.9. The van der Waals surface area contributed by atoms with Gasteiger partial charge in [-0.05, 0) is 37.7 Å². The Labute approximate surface area is 214 Å². The Bertz CT molecular complexity index is 830. The monoisotopic (exact) mass is 530 g/mol. The SMILES string of the molecule is N=C(N)NCCC[C@H](N)C(=O)OCCl.N[C@@H](Cc1ccccc1)C(=O)O.O=CN1CCC[C@H]1C(=O)O. The number of guanidine groups is 1. The third-order valence-corrected chi connectivity index (χ3v) is 4.95. The van der Waals surface area contributed by atoms with E-state index in [1.807, 2.05) is 30.3 Å². The molecule has 0 aliphatic carbocycles. The minimum Gasteiger partial charge on any atom is -0.480 e. The molecule has 2 rings (SSSR count). The fraction of sp³-hybridized carbons (Fsp3) is 0.500. The minimum atomic E-state index is -0.959. The van der Waals surface area contributed by atoms with E-state index in [0.29, 0.717) is 45.2 Å². The molecule has 3 atom stereocenters. The Morgan fingerprint density at radius 1 is 1.22 bits per heavy atom. The lowest BCUT2D eigenvalue weighted by Crippen LogP contribution is -2.35. The van der Waals surface area contributed by atoms with Crippen LogP contribution in [-0.2, 0) is 30.3 Å². The fourth-order valence-electron chi connectivity index (χ4n) is 2.96. The Morgan fingerprint density at radius 3 is 2.33 bits per heavy atom. The van der Waals surface area contributed by atoms with Gasteiger partial charge in [-0.15, -0.1) is 0 Å². The average Bonchev–Trinajstić information content (AvgIpc) is 3.32. The Balaban J connectivity index is 0.000000516. The van der Waals surface area contributed by atoms with E-state index in [1.54, 1.807) is 0 Å². The van der Waals surface area contributed by atoms with Gasteiger partial charge in [-0.25, -0.2) is 4.79 Å². The van der Waals surface area contributed by atoms with Crippen LogP contribution < -0.4 is 22.5 Å². The van der Waals surface area contributed by atoms with Crippen LogP contribution in [0.4, 0.5) is 0 Å². The second-order valence-electron chi connectivity index (χ2n) is 7.64. The Morgan fingerprint density at radius 2 is 1.86 bits per heavy atom. The zero-order valence-electron chi connectivity index (χ0n) is 19.8. The van der Waals surface area contributed by atoms with Gasteiger partial charge in [0.2, 0.25) is 6.41 Å². The number of halogens is 1. The number of likely N-dealkylation sites (tertiary alicyclic amines) is 1. The molecule has 14 heteroatoms. The van der Waals surface area contributed by atoms with Crippen molar-refractivity contribution in [3.63, 3.8) is 0 Å². The van der Waals surface area contributed by atoms with Crippen molar-refractivity contribution in [2.24, 2.45) is 17.2 Å². The van der Waals surface area contributed by atoms with E-state index in [1.165, 1.54) is 4.90 Å². The van der Waals surface area contributed by atoms with E-state index in [2.05, 4.69) is 10.1 Å². The molecule has 36 heavy (non-hydrogen) atoms. The molecule has 1 aliphatic rings. The van der Waals surface area contributed by atoms with Crippen LogP contribution in [0.15, 0.2) is 30.3 Å². The lowest BCUT2D eigenvalue weighted by atomic mass is 10.1. The van der Waals surface area contributed by atoms with Crippen LogP contribution in [0.2, 0.25) is 0 Å². The van der Waals surface area contributed by atoms with Crippen LogP contribution in [0, 0.1) is 5.41 Å².